The second-order valence-corrected chi connectivity index (χ2v) is 18.5. The number of carboxylic acid groups (broad SMARTS) is 1. The minimum atomic E-state index is -1.22. The Morgan fingerprint density at radius 3 is 2.29 bits per heavy atom. The van der Waals surface area contributed by atoms with E-state index >= 15 is 0 Å². The molecule has 11 nitrogen and oxygen atoms in total. The summed E-state index contributed by atoms with van der Waals surface area (Å²) in [4.78, 5) is 11.3. The van der Waals surface area contributed by atoms with Crippen molar-refractivity contribution < 1.29 is 40.2 Å². The first-order valence-corrected chi connectivity index (χ1v) is 18.8. The largest absolute Gasteiger partial charge is 0.478 e. The molecule has 5 aliphatic carbocycles. The summed E-state index contributed by atoms with van der Waals surface area (Å²) >= 11 is 0. The van der Waals surface area contributed by atoms with Crippen LogP contribution in [0.25, 0.3) is 5.69 Å². The number of nitrogens with zero attached hydrogens (tertiary/aromatic N) is 3. The van der Waals surface area contributed by atoms with Crippen molar-refractivity contribution in [3.05, 3.63) is 53.4 Å². The lowest BCUT2D eigenvalue weighted by atomic mass is 9.33. The number of aliphatic hydroxyl groups is 5. The summed E-state index contributed by atoms with van der Waals surface area (Å²) in [6.07, 6.45) is 5.59. The number of hydrogen-bond acceptors (Lipinski definition) is 9. The molecule has 4 saturated carbocycles. The molecular weight excluding hydrogens is 650 g/mol. The Balaban J connectivity index is 1.20. The fraction of sp³-hybridized carbons (Fsp3) is 0.725. The standard InChI is InChI=1S/C40H57N3O8/c1-35(2)17-27-26-11-12-29-36(3)15-14-30(45)37(4,21-44)28(36)13-16-38(29,5)39(26,6)18-31(46)40(27,33(48)32(35)47)22-51-20-24-19-43(42-41-24)25-9-7-23(8-10-25)34(49)50/h7-11,19,27-33,44-48H,12-18,20-22H2,1-6H3,(H,49,50)/t27?,28?,29?,30-,31+,32-,33-,36-,37+,38+,39+,40-/m0/s1. The highest BCUT2D eigenvalue weighted by Gasteiger charge is 2.72. The molecule has 51 heavy (non-hydrogen) atoms. The van der Waals surface area contributed by atoms with E-state index in [4.69, 9.17) is 4.74 Å². The van der Waals surface area contributed by atoms with E-state index in [9.17, 15) is 35.4 Å². The Bertz CT molecular complexity index is 1690. The number of carboxylic acids is 1. The van der Waals surface area contributed by atoms with Crippen LogP contribution in [0.5, 0.6) is 0 Å². The van der Waals surface area contributed by atoms with Crippen molar-refractivity contribution in [1.82, 2.24) is 15.0 Å². The molecule has 280 valence electrons. The zero-order valence-electron chi connectivity index (χ0n) is 30.9. The lowest BCUT2D eigenvalue weighted by molar-refractivity contribution is -0.263. The molecule has 0 saturated heterocycles. The highest BCUT2D eigenvalue weighted by molar-refractivity contribution is 5.87. The second kappa shape index (κ2) is 12.2. The third-order valence-corrected chi connectivity index (χ3v) is 15.8. The maximum absolute atomic E-state index is 12.5. The molecule has 4 fully saturated rings. The highest BCUT2D eigenvalue weighted by atomic mass is 16.5. The SMILES string of the molecule is CC1(C)CC2C3=CCC4[C@@]5(C)CC[C@H](O)[C@](C)(CO)C5CC[C@@]4(C)[C@]3(C)C[C@@H](O)[C@@]2(COCc2cn(-c3ccc(C(=O)O)cc3)nn2)[C@@H](O)[C@@H]1O. The minimum Gasteiger partial charge on any atom is -0.478 e. The summed E-state index contributed by atoms with van der Waals surface area (Å²) in [7, 11) is 0. The van der Waals surface area contributed by atoms with Gasteiger partial charge < -0.3 is 35.4 Å². The average Bonchev–Trinajstić information content (AvgIpc) is 3.56. The van der Waals surface area contributed by atoms with Crippen molar-refractivity contribution in [2.45, 2.75) is 118 Å². The van der Waals surface area contributed by atoms with Crippen molar-refractivity contribution >= 4 is 5.97 Å². The van der Waals surface area contributed by atoms with Crippen LogP contribution in [0.3, 0.4) is 0 Å². The third kappa shape index (κ3) is 5.08. The smallest absolute Gasteiger partial charge is 0.335 e. The van der Waals surface area contributed by atoms with Crippen LogP contribution in [0.1, 0.15) is 103 Å². The minimum absolute atomic E-state index is 0.0212. The number of aliphatic hydroxyl groups excluding tert-OH is 5. The molecule has 7 rings (SSSR count). The molecule has 0 amide bonds. The van der Waals surface area contributed by atoms with Gasteiger partial charge in [0, 0.05) is 5.41 Å². The van der Waals surface area contributed by atoms with E-state index in [-0.39, 0.29) is 53.5 Å². The normalized spacial score (nSPS) is 44.4. The number of fused-ring (bicyclic) bond motifs is 7. The van der Waals surface area contributed by atoms with E-state index in [2.05, 4.69) is 44.1 Å². The Morgan fingerprint density at radius 2 is 1.63 bits per heavy atom. The van der Waals surface area contributed by atoms with Gasteiger partial charge in [0.1, 0.15) is 5.69 Å². The van der Waals surface area contributed by atoms with Gasteiger partial charge in [0.25, 0.3) is 0 Å². The monoisotopic (exact) mass is 707 g/mol. The first kappa shape index (κ1) is 36.7. The Morgan fingerprint density at radius 1 is 0.922 bits per heavy atom. The van der Waals surface area contributed by atoms with Gasteiger partial charge in [-0.3, -0.25) is 0 Å². The van der Waals surface area contributed by atoms with Crippen molar-refractivity contribution in [2.75, 3.05) is 13.2 Å². The van der Waals surface area contributed by atoms with Crippen molar-refractivity contribution in [3.8, 4) is 5.69 Å². The van der Waals surface area contributed by atoms with Crippen LogP contribution in [-0.2, 0) is 11.3 Å². The first-order valence-electron chi connectivity index (χ1n) is 18.8. The predicted octanol–water partition coefficient (Wildman–Crippen LogP) is 4.53. The van der Waals surface area contributed by atoms with Gasteiger partial charge in [-0.15, -0.1) is 5.10 Å². The molecule has 0 aliphatic heterocycles. The summed E-state index contributed by atoms with van der Waals surface area (Å²) in [5, 5.41) is 75.5. The number of hydrogen-bond donors (Lipinski definition) is 6. The van der Waals surface area contributed by atoms with E-state index in [1.165, 1.54) is 17.7 Å². The van der Waals surface area contributed by atoms with Gasteiger partial charge in [0.05, 0.1) is 67.1 Å². The fourth-order valence-corrected chi connectivity index (χ4v) is 12.5. The molecule has 0 radical (unpaired) electrons. The number of rotatable bonds is 7. The van der Waals surface area contributed by atoms with E-state index in [0.717, 1.165) is 25.7 Å². The van der Waals surface area contributed by atoms with Crippen LogP contribution < -0.4 is 0 Å². The predicted molar refractivity (Wildman–Crippen MR) is 189 cm³/mol. The van der Waals surface area contributed by atoms with Gasteiger partial charge >= 0.3 is 5.97 Å². The lowest BCUT2D eigenvalue weighted by Gasteiger charge is -2.72. The highest BCUT2D eigenvalue weighted by Crippen LogP contribution is 2.75. The van der Waals surface area contributed by atoms with Gasteiger partial charge in [-0.05, 0) is 109 Å². The quantitative estimate of drug-likeness (QED) is 0.224. The molecule has 0 bridgehead atoms. The molecule has 0 spiro atoms. The second-order valence-electron chi connectivity index (χ2n) is 18.5. The number of aromatic carboxylic acids is 1. The van der Waals surface area contributed by atoms with Gasteiger partial charge in [0.15, 0.2) is 0 Å². The average molecular weight is 708 g/mol. The van der Waals surface area contributed by atoms with Crippen LogP contribution in [0.2, 0.25) is 0 Å². The molecule has 3 unspecified atom stereocenters. The molecule has 1 aromatic carbocycles. The molecule has 5 aliphatic rings. The van der Waals surface area contributed by atoms with Crippen LogP contribution >= 0.6 is 0 Å². The number of allylic oxidation sites excluding steroid dienone is 2. The van der Waals surface area contributed by atoms with Crippen molar-refractivity contribution in [2.24, 2.45) is 50.2 Å². The molecular formula is C40H57N3O8. The Hall–Kier alpha value is -2.67. The van der Waals surface area contributed by atoms with Gasteiger partial charge in [-0.2, -0.15) is 0 Å². The Kier molecular flexibility index (Phi) is 8.76. The maximum Gasteiger partial charge on any atom is 0.335 e. The molecule has 11 heteroatoms. The van der Waals surface area contributed by atoms with E-state index in [0.29, 0.717) is 36.6 Å². The third-order valence-electron chi connectivity index (χ3n) is 15.8. The van der Waals surface area contributed by atoms with E-state index in [1.54, 1.807) is 23.0 Å². The van der Waals surface area contributed by atoms with Gasteiger partial charge in [-0.1, -0.05) is 58.4 Å². The van der Waals surface area contributed by atoms with Gasteiger partial charge in [0.2, 0.25) is 0 Å². The Labute approximate surface area is 300 Å². The summed E-state index contributed by atoms with van der Waals surface area (Å²) in [5.74, 6) is -0.765. The van der Waals surface area contributed by atoms with Gasteiger partial charge in [-0.25, -0.2) is 9.48 Å². The van der Waals surface area contributed by atoms with Crippen molar-refractivity contribution in [1.29, 1.82) is 0 Å². The molecule has 1 heterocycles. The van der Waals surface area contributed by atoms with Crippen LogP contribution in [0.4, 0.5) is 0 Å². The lowest BCUT2D eigenvalue weighted by Crippen LogP contribution is -2.71. The van der Waals surface area contributed by atoms with Crippen molar-refractivity contribution in [3.63, 3.8) is 0 Å². The molecule has 2 aromatic rings. The van der Waals surface area contributed by atoms with E-state index in [1.807, 2.05) is 13.8 Å². The summed E-state index contributed by atoms with van der Waals surface area (Å²) in [6, 6.07) is 6.32. The number of carbonyl (C=O) groups is 1. The number of ether oxygens (including phenoxy) is 1. The first-order chi connectivity index (χ1) is 23.9. The zero-order valence-corrected chi connectivity index (χ0v) is 30.9. The summed E-state index contributed by atoms with van der Waals surface area (Å²) in [5.41, 5.74) is -0.307. The molecule has 6 N–H and O–H groups in total. The number of benzene rings is 1. The summed E-state index contributed by atoms with van der Waals surface area (Å²) < 4.78 is 7.90. The topological polar surface area (TPSA) is 178 Å². The van der Waals surface area contributed by atoms with E-state index < -0.39 is 46.6 Å². The summed E-state index contributed by atoms with van der Waals surface area (Å²) in [6.45, 7) is 13.2. The van der Waals surface area contributed by atoms with Crippen LogP contribution in [-0.4, -0.2) is 89.2 Å². The molecule has 12 atom stereocenters. The maximum atomic E-state index is 12.5. The zero-order chi connectivity index (χ0) is 36.9. The fourth-order valence-electron chi connectivity index (χ4n) is 12.5. The number of aromatic nitrogens is 3. The molecule has 1 aromatic heterocycles. The van der Waals surface area contributed by atoms with Crippen LogP contribution in [0.15, 0.2) is 42.1 Å². The van der Waals surface area contributed by atoms with Crippen LogP contribution in [0, 0.1) is 50.2 Å².